The van der Waals surface area contributed by atoms with E-state index in [0.717, 1.165) is 23.0 Å². The molecule has 1 aromatic carbocycles. The number of carbonyl (C=O) groups excluding carboxylic acids is 1. The van der Waals surface area contributed by atoms with Crippen LogP contribution in [0, 0.1) is 5.21 Å². The van der Waals surface area contributed by atoms with Crippen molar-refractivity contribution in [2.45, 2.75) is 36.3 Å². The lowest BCUT2D eigenvalue weighted by atomic mass is 10.2. The van der Waals surface area contributed by atoms with E-state index in [-0.39, 0.29) is 16.4 Å². The number of hydrogen-bond acceptors (Lipinski definition) is 7. The highest BCUT2D eigenvalue weighted by Crippen LogP contribution is 2.29. The number of carboxylic acids is 1. The molecule has 10 nitrogen and oxygen atoms in total. The molecule has 1 amide bonds. The van der Waals surface area contributed by atoms with Gasteiger partial charge in [-0.05, 0) is 17.7 Å². The predicted octanol–water partition coefficient (Wildman–Crippen LogP) is 4.34. The fourth-order valence-electron chi connectivity index (χ4n) is 3.08. The third-order valence-corrected chi connectivity index (χ3v) is 6.55. The number of amides is 1. The van der Waals surface area contributed by atoms with Gasteiger partial charge in [0, 0.05) is 23.6 Å². The summed E-state index contributed by atoms with van der Waals surface area (Å²) in [4.78, 5) is 38.1. The minimum absolute atomic E-state index is 0.000620. The van der Waals surface area contributed by atoms with Crippen molar-refractivity contribution in [1.82, 2.24) is 14.9 Å². The molecule has 0 saturated heterocycles. The first-order valence-electron chi connectivity index (χ1n) is 11.7. The summed E-state index contributed by atoms with van der Waals surface area (Å²) >= 11 is 6.54. The SMILES string of the molecule is O=C(Cn1c(Cl)cnc(NCC(F)(F)c2cccc[n+]2[O-])c1=O)NCc1ccccc1SCC(F)(F)F.O=C(O)C(F)(F)F. The van der Waals surface area contributed by atoms with Gasteiger partial charge in [0.05, 0.1) is 18.5 Å². The van der Waals surface area contributed by atoms with Crippen molar-refractivity contribution in [3.05, 3.63) is 86.8 Å². The maximum absolute atomic E-state index is 14.5. The van der Waals surface area contributed by atoms with Crippen LogP contribution in [-0.4, -0.2) is 51.2 Å². The summed E-state index contributed by atoms with van der Waals surface area (Å²) in [5, 5.41) is 23.2. The summed E-state index contributed by atoms with van der Waals surface area (Å²) in [6.45, 7) is -1.87. The Morgan fingerprint density at radius 2 is 1.66 bits per heavy atom. The topological polar surface area (TPSA) is 140 Å². The molecule has 0 bridgehead atoms. The molecule has 240 valence electrons. The lowest BCUT2D eigenvalue weighted by Crippen LogP contribution is -2.41. The van der Waals surface area contributed by atoms with E-state index in [1.54, 1.807) is 18.2 Å². The number of carboxylic acid groups (broad SMARTS) is 1. The van der Waals surface area contributed by atoms with Crippen molar-refractivity contribution in [3.8, 4) is 0 Å². The molecular formula is C24H20ClF8N5O5S. The van der Waals surface area contributed by atoms with E-state index in [9.17, 15) is 49.9 Å². The zero-order chi connectivity index (χ0) is 33.3. The first-order valence-corrected chi connectivity index (χ1v) is 13.1. The van der Waals surface area contributed by atoms with Crippen LogP contribution in [0.15, 0.2) is 64.5 Å². The molecule has 44 heavy (non-hydrogen) atoms. The molecule has 3 rings (SSSR count). The Morgan fingerprint density at radius 3 is 2.25 bits per heavy atom. The summed E-state index contributed by atoms with van der Waals surface area (Å²) in [6, 6.07) is 9.67. The van der Waals surface area contributed by atoms with Crippen LogP contribution < -0.4 is 20.9 Å². The molecule has 0 saturated carbocycles. The maximum Gasteiger partial charge on any atom is 0.490 e. The highest BCUT2D eigenvalue weighted by molar-refractivity contribution is 7.99. The third-order valence-electron chi connectivity index (χ3n) is 5.07. The summed E-state index contributed by atoms with van der Waals surface area (Å²) in [5.74, 6) is -8.75. The molecule has 2 heterocycles. The van der Waals surface area contributed by atoms with Crippen LogP contribution in [0.4, 0.5) is 40.9 Å². The summed E-state index contributed by atoms with van der Waals surface area (Å²) in [6.07, 6.45) is -7.56. The Bertz CT molecular complexity index is 1520. The van der Waals surface area contributed by atoms with Crippen molar-refractivity contribution in [2.24, 2.45) is 0 Å². The fraction of sp³-hybridized carbons (Fsp3) is 0.292. The summed E-state index contributed by atoms with van der Waals surface area (Å²) in [7, 11) is 0. The quantitative estimate of drug-likeness (QED) is 0.125. The summed E-state index contributed by atoms with van der Waals surface area (Å²) in [5.41, 5.74) is -1.38. The van der Waals surface area contributed by atoms with Gasteiger partial charge in [0.1, 0.15) is 11.7 Å². The number of benzene rings is 1. The Balaban J connectivity index is 0.000000860. The van der Waals surface area contributed by atoms with Crippen LogP contribution in [0.1, 0.15) is 11.3 Å². The van der Waals surface area contributed by atoms with Gasteiger partial charge in [-0.15, -0.1) is 11.8 Å². The van der Waals surface area contributed by atoms with Gasteiger partial charge in [0.2, 0.25) is 5.91 Å². The predicted molar refractivity (Wildman–Crippen MR) is 140 cm³/mol. The molecule has 0 unspecified atom stereocenters. The average Bonchev–Trinajstić information content (AvgIpc) is 2.92. The van der Waals surface area contributed by atoms with Crippen LogP contribution in [0.2, 0.25) is 5.15 Å². The van der Waals surface area contributed by atoms with Gasteiger partial charge >= 0.3 is 24.2 Å². The number of rotatable bonds is 10. The second-order valence-corrected chi connectivity index (χ2v) is 9.79. The molecule has 3 N–H and O–H groups in total. The first-order chi connectivity index (χ1) is 20.3. The lowest BCUT2D eigenvalue weighted by molar-refractivity contribution is -0.624. The monoisotopic (exact) mass is 677 g/mol. The molecule has 0 aliphatic rings. The number of alkyl halides is 8. The smallest absolute Gasteiger partial charge is 0.490 e. The van der Waals surface area contributed by atoms with E-state index in [1.165, 1.54) is 18.2 Å². The number of nitrogens with one attached hydrogen (secondary N) is 2. The normalized spacial score (nSPS) is 11.8. The number of nitrogens with zero attached hydrogens (tertiary/aromatic N) is 3. The van der Waals surface area contributed by atoms with Gasteiger partial charge in [-0.1, -0.05) is 29.8 Å². The molecule has 0 spiro atoms. The Morgan fingerprint density at radius 1 is 1.05 bits per heavy atom. The molecule has 3 aromatic rings. The molecule has 2 aromatic heterocycles. The minimum atomic E-state index is -5.08. The van der Waals surface area contributed by atoms with E-state index in [0.29, 0.717) is 22.2 Å². The second kappa shape index (κ2) is 15.0. The first kappa shape index (κ1) is 36.1. The molecule has 0 fully saturated rings. The van der Waals surface area contributed by atoms with Crippen molar-refractivity contribution >= 4 is 41.1 Å². The number of carbonyl (C=O) groups is 2. The van der Waals surface area contributed by atoms with Crippen molar-refractivity contribution in [3.63, 3.8) is 0 Å². The van der Waals surface area contributed by atoms with E-state index in [4.69, 9.17) is 21.5 Å². The average molecular weight is 678 g/mol. The number of pyridine rings is 1. The summed E-state index contributed by atoms with van der Waals surface area (Å²) < 4.78 is 99.1. The standard InChI is InChI=1S/C22H19ClF5N5O3S.C2HF3O2/c23-17-10-30-19(31-12-21(24,25)16-7-3-4-8-33(16)36)20(35)32(17)11-18(34)29-9-14-5-1-2-6-15(14)37-13-22(26,27)28;3-2(4,5)1(6)7/h1-8,10H,9,11-13H2,(H,29,34)(H,30,31);(H,6,7). The number of halogens is 9. The van der Waals surface area contributed by atoms with E-state index < -0.39 is 66.1 Å². The fourth-order valence-corrected chi connectivity index (χ4v) is 4.08. The zero-order valence-electron chi connectivity index (χ0n) is 21.8. The Labute approximate surface area is 251 Å². The number of anilines is 1. The molecule has 0 atom stereocenters. The van der Waals surface area contributed by atoms with Gasteiger partial charge in [0.15, 0.2) is 12.0 Å². The van der Waals surface area contributed by atoms with Crippen molar-refractivity contribution in [1.29, 1.82) is 0 Å². The number of thioether (sulfide) groups is 1. The van der Waals surface area contributed by atoms with Crippen LogP contribution in [0.5, 0.6) is 0 Å². The maximum atomic E-state index is 14.5. The lowest BCUT2D eigenvalue weighted by Gasteiger charge is -2.17. The number of hydrogen-bond donors (Lipinski definition) is 3. The number of aliphatic carboxylic acids is 1. The van der Waals surface area contributed by atoms with Gasteiger partial charge in [-0.3, -0.25) is 14.2 Å². The van der Waals surface area contributed by atoms with Gasteiger partial charge in [-0.25, -0.2) is 9.78 Å². The largest absolute Gasteiger partial charge is 0.618 e. The number of aromatic nitrogens is 3. The van der Waals surface area contributed by atoms with E-state index in [2.05, 4.69) is 15.6 Å². The van der Waals surface area contributed by atoms with Crippen LogP contribution >= 0.6 is 23.4 Å². The molecule has 0 aliphatic carbocycles. The van der Waals surface area contributed by atoms with Crippen molar-refractivity contribution < 1.29 is 54.5 Å². The van der Waals surface area contributed by atoms with Crippen LogP contribution in [0.3, 0.4) is 0 Å². The molecular weight excluding hydrogens is 658 g/mol. The van der Waals surface area contributed by atoms with Gasteiger partial charge in [0.25, 0.3) is 11.3 Å². The van der Waals surface area contributed by atoms with Crippen LogP contribution in [-0.2, 0) is 28.6 Å². The van der Waals surface area contributed by atoms with Crippen molar-refractivity contribution in [2.75, 3.05) is 17.6 Å². The Hall–Kier alpha value is -4.13. The molecule has 0 radical (unpaired) electrons. The van der Waals surface area contributed by atoms with Crippen LogP contribution in [0.25, 0.3) is 0 Å². The highest BCUT2D eigenvalue weighted by atomic mass is 35.5. The second-order valence-electron chi connectivity index (χ2n) is 8.38. The molecule has 20 heteroatoms. The van der Waals surface area contributed by atoms with Gasteiger partial charge in [-0.2, -0.15) is 39.9 Å². The highest BCUT2D eigenvalue weighted by Gasteiger charge is 2.40. The Kier molecular flexibility index (Phi) is 12.3. The minimum Gasteiger partial charge on any atom is -0.618 e. The zero-order valence-corrected chi connectivity index (χ0v) is 23.3. The molecule has 0 aliphatic heterocycles. The van der Waals surface area contributed by atoms with E-state index >= 15 is 0 Å². The van der Waals surface area contributed by atoms with E-state index in [1.807, 2.05) is 0 Å². The third kappa shape index (κ3) is 11.2. The van der Waals surface area contributed by atoms with Gasteiger partial charge < -0.3 is 20.9 Å².